The van der Waals surface area contributed by atoms with Gasteiger partial charge in [0.05, 0.1) is 12.7 Å². The molecule has 0 heterocycles. The van der Waals surface area contributed by atoms with Gasteiger partial charge in [0.25, 0.3) is 0 Å². The number of hydrogen-bond acceptors (Lipinski definition) is 4. The highest BCUT2D eigenvalue weighted by molar-refractivity contribution is 6.30. The van der Waals surface area contributed by atoms with Crippen LogP contribution in [-0.2, 0) is 26.3 Å². The van der Waals surface area contributed by atoms with Gasteiger partial charge in [-0.3, -0.25) is 9.59 Å². The van der Waals surface area contributed by atoms with Crippen LogP contribution in [0.5, 0.6) is 0 Å². The lowest BCUT2D eigenvalue weighted by atomic mass is 9.85. The third kappa shape index (κ3) is 11.6. The predicted octanol–water partition coefficient (Wildman–Crippen LogP) is 4.89. The minimum absolute atomic E-state index is 0.0556. The van der Waals surface area contributed by atoms with Crippen molar-refractivity contribution in [1.29, 1.82) is 0 Å². The van der Waals surface area contributed by atoms with Crippen molar-refractivity contribution in [3.05, 3.63) is 70.7 Å². The summed E-state index contributed by atoms with van der Waals surface area (Å²) in [5, 5.41) is 13.6. The quantitative estimate of drug-likeness (QED) is 0.457. The van der Waals surface area contributed by atoms with Crippen LogP contribution in [-0.4, -0.2) is 31.1 Å². The molecule has 6 heteroatoms. The van der Waals surface area contributed by atoms with E-state index in [0.717, 1.165) is 11.1 Å². The summed E-state index contributed by atoms with van der Waals surface area (Å²) in [5.41, 5.74) is 1.18. The normalized spacial score (nSPS) is 11.5. The van der Waals surface area contributed by atoms with E-state index in [-0.39, 0.29) is 6.54 Å². The molecular formula is C24H34ClNO4. The Morgan fingerprint density at radius 3 is 2.20 bits per heavy atom. The zero-order chi connectivity index (χ0) is 22.8. The van der Waals surface area contributed by atoms with Crippen LogP contribution in [0.15, 0.2) is 54.6 Å². The van der Waals surface area contributed by atoms with Crippen molar-refractivity contribution in [2.24, 2.45) is 0 Å². The van der Waals surface area contributed by atoms with Crippen LogP contribution in [0.25, 0.3) is 0 Å². The zero-order valence-electron chi connectivity index (χ0n) is 18.4. The van der Waals surface area contributed by atoms with Crippen molar-refractivity contribution >= 4 is 24.0 Å². The summed E-state index contributed by atoms with van der Waals surface area (Å²) in [5.74, 6) is -0.447. The summed E-state index contributed by atoms with van der Waals surface area (Å²) in [6.07, 6.45) is 4.33. The summed E-state index contributed by atoms with van der Waals surface area (Å²) >= 11 is 5.98. The number of unbranched alkanes of at least 4 members (excludes halogenated alkanes) is 1. The Balaban J connectivity index is 0.000000585. The highest BCUT2D eigenvalue weighted by Gasteiger charge is 2.27. The fourth-order valence-electron chi connectivity index (χ4n) is 2.36. The maximum absolute atomic E-state index is 10.8. The van der Waals surface area contributed by atoms with Gasteiger partial charge in [-0.15, -0.1) is 0 Å². The average Bonchev–Trinajstić information content (AvgIpc) is 2.78. The number of halogens is 1. The highest BCUT2D eigenvalue weighted by atomic mass is 35.5. The molecular weight excluding hydrogens is 402 g/mol. The molecule has 0 aromatic heterocycles. The average molecular weight is 436 g/mol. The van der Waals surface area contributed by atoms with Crippen molar-refractivity contribution in [3.63, 3.8) is 0 Å². The molecule has 1 unspecified atom stereocenters. The molecule has 2 aromatic carbocycles. The summed E-state index contributed by atoms with van der Waals surface area (Å²) in [6, 6.07) is 17.5. The van der Waals surface area contributed by atoms with Gasteiger partial charge in [0.2, 0.25) is 6.41 Å². The molecule has 0 spiro atoms. The lowest BCUT2D eigenvalue weighted by Crippen LogP contribution is -2.27. The Hall–Kier alpha value is -2.37. The van der Waals surface area contributed by atoms with Crippen molar-refractivity contribution in [3.8, 4) is 0 Å². The van der Waals surface area contributed by atoms with Gasteiger partial charge >= 0.3 is 5.97 Å². The van der Waals surface area contributed by atoms with Gasteiger partial charge in [0.1, 0.15) is 6.54 Å². The number of hydrogen-bond donors (Lipinski definition) is 2. The standard InChI is InChI=1S/C16H17ClO.C4H7NO3.C4H10/c1-2-16(18,14-8-4-3-5-9-14)12-13-7-6-10-15(17)11-13;1-8-4(7)2-5-3-6;1-3-4-2/h3-11,18H,2,12H2,1H3;3H,2H2,1H3,(H,5,6);3-4H2,1-2H3. The Labute approximate surface area is 185 Å². The second kappa shape index (κ2) is 16.4. The van der Waals surface area contributed by atoms with Crippen molar-refractivity contribution in [2.45, 2.75) is 52.1 Å². The fraction of sp³-hybridized carbons (Fsp3) is 0.417. The molecule has 0 fully saturated rings. The number of nitrogens with one attached hydrogen (secondary N) is 1. The number of methoxy groups -OCH3 is 1. The molecule has 30 heavy (non-hydrogen) atoms. The Morgan fingerprint density at radius 1 is 1.10 bits per heavy atom. The highest BCUT2D eigenvalue weighted by Crippen LogP contribution is 2.29. The molecule has 5 nitrogen and oxygen atoms in total. The third-order valence-corrected chi connectivity index (χ3v) is 4.57. The third-order valence-electron chi connectivity index (χ3n) is 4.34. The van der Waals surface area contributed by atoms with Crippen LogP contribution < -0.4 is 5.32 Å². The first-order chi connectivity index (χ1) is 14.4. The fourth-order valence-corrected chi connectivity index (χ4v) is 2.57. The molecule has 2 N–H and O–H groups in total. The van der Waals surface area contributed by atoms with Crippen molar-refractivity contribution in [2.75, 3.05) is 13.7 Å². The number of rotatable bonds is 8. The van der Waals surface area contributed by atoms with Gasteiger partial charge in [-0.2, -0.15) is 0 Å². The summed E-state index contributed by atoms with van der Waals surface area (Å²) < 4.78 is 4.19. The molecule has 0 aliphatic heterocycles. The molecule has 0 bridgehead atoms. The van der Waals surface area contributed by atoms with E-state index in [1.54, 1.807) is 0 Å². The molecule has 0 aliphatic carbocycles. The number of benzene rings is 2. The lowest BCUT2D eigenvalue weighted by molar-refractivity contribution is -0.140. The van der Waals surface area contributed by atoms with Gasteiger partial charge in [0.15, 0.2) is 0 Å². The maximum Gasteiger partial charge on any atom is 0.325 e. The SMILES string of the molecule is CCC(O)(Cc1cccc(Cl)c1)c1ccccc1.CCCC.COC(=O)CNC=O. The zero-order valence-corrected chi connectivity index (χ0v) is 19.1. The number of aliphatic hydroxyl groups is 1. The number of esters is 1. The molecule has 1 atom stereocenters. The monoisotopic (exact) mass is 435 g/mol. The minimum Gasteiger partial charge on any atom is -0.468 e. The van der Waals surface area contributed by atoms with E-state index in [4.69, 9.17) is 11.6 Å². The smallest absolute Gasteiger partial charge is 0.325 e. The van der Waals surface area contributed by atoms with Gasteiger partial charge in [-0.05, 0) is 29.7 Å². The molecule has 0 aliphatic rings. The summed E-state index contributed by atoms with van der Waals surface area (Å²) in [4.78, 5) is 19.6. The van der Waals surface area contributed by atoms with Crippen LogP contribution in [0.4, 0.5) is 0 Å². The molecule has 0 saturated heterocycles. The van der Waals surface area contributed by atoms with Gasteiger partial charge in [-0.25, -0.2) is 0 Å². The predicted molar refractivity (Wildman–Crippen MR) is 122 cm³/mol. The molecule has 1 amide bonds. The lowest BCUT2D eigenvalue weighted by Gasteiger charge is -2.27. The van der Waals surface area contributed by atoms with E-state index in [0.29, 0.717) is 24.3 Å². The second-order valence-corrected chi connectivity index (χ2v) is 7.07. The van der Waals surface area contributed by atoms with E-state index < -0.39 is 11.6 Å². The topological polar surface area (TPSA) is 75.6 Å². The number of amides is 1. The van der Waals surface area contributed by atoms with E-state index in [1.165, 1.54) is 20.0 Å². The second-order valence-electron chi connectivity index (χ2n) is 6.63. The van der Waals surface area contributed by atoms with Crippen molar-refractivity contribution in [1.82, 2.24) is 5.32 Å². The first kappa shape index (κ1) is 27.6. The summed E-state index contributed by atoms with van der Waals surface area (Å²) in [7, 11) is 1.26. The van der Waals surface area contributed by atoms with E-state index in [2.05, 4.69) is 23.9 Å². The Morgan fingerprint density at radius 2 is 1.73 bits per heavy atom. The van der Waals surface area contributed by atoms with Gasteiger partial charge < -0.3 is 15.2 Å². The first-order valence-electron chi connectivity index (χ1n) is 10.1. The van der Waals surface area contributed by atoms with Crippen LogP contribution in [0, 0.1) is 0 Å². The van der Waals surface area contributed by atoms with Crippen LogP contribution >= 0.6 is 11.6 Å². The number of carbonyl (C=O) groups excluding carboxylic acids is 2. The molecule has 0 saturated carbocycles. The number of carbonyl (C=O) groups is 2. The number of ether oxygens (including phenoxy) is 1. The van der Waals surface area contributed by atoms with Crippen LogP contribution in [0.2, 0.25) is 5.02 Å². The van der Waals surface area contributed by atoms with E-state index >= 15 is 0 Å². The maximum atomic E-state index is 10.8. The first-order valence-corrected chi connectivity index (χ1v) is 10.5. The van der Waals surface area contributed by atoms with E-state index in [1.807, 2.05) is 61.5 Å². The Kier molecular flexibility index (Phi) is 15.1. The molecule has 166 valence electrons. The summed E-state index contributed by atoms with van der Waals surface area (Å²) in [6.45, 7) is 6.30. The van der Waals surface area contributed by atoms with E-state index in [9.17, 15) is 14.7 Å². The van der Waals surface area contributed by atoms with Crippen LogP contribution in [0.1, 0.15) is 51.2 Å². The largest absolute Gasteiger partial charge is 0.468 e. The molecule has 2 rings (SSSR count). The van der Waals surface area contributed by atoms with Crippen molar-refractivity contribution < 1.29 is 19.4 Å². The van der Waals surface area contributed by atoms with Crippen LogP contribution in [0.3, 0.4) is 0 Å². The minimum atomic E-state index is -0.827. The van der Waals surface area contributed by atoms with Gasteiger partial charge in [-0.1, -0.05) is 87.7 Å². The molecule has 0 radical (unpaired) electrons. The van der Waals surface area contributed by atoms with Gasteiger partial charge in [0, 0.05) is 11.4 Å². The molecule has 2 aromatic rings. The Bertz CT molecular complexity index is 722.